The standard InChI is InChI=1S/C24H39N3O5/c1-2-3-12-28-17-11-26-24(25-10-5-13-29-19-21-7-4-14-30-21)27-20-8-9-22-23(18-20)32-16-6-15-31-22/h8-9,18,21H,2-7,10-17,19H2,1H3,(H2,25,26,27). The molecule has 1 unspecified atom stereocenters. The van der Waals surface area contributed by atoms with Crippen LogP contribution in [0.1, 0.15) is 45.4 Å². The molecule has 1 aromatic rings. The number of aliphatic imine (C=N–C) groups is 1. The molecule has 0 radical (unpaired) electrons. The van der Waals surface area contributed by atoms with Gasteiger partial charge in [-0.2, -0.15) is 0 Å². The van der Waals surface area contributed by atoms with Crippen LogP contribution in [0.3, 0.4) is 0 Å². The molecule has 1 aromatic carbocycles. The Kier molecular flexibility index (Phi) is 11.5. The van der Waals surface area contributed by atoms with Crippen LogP contribution in [0.5, 0.6) is 11.5 Å². The molecule has 0 aliphatic carbocycles. The Labute approximate surface area is 192 Å². The second-order valence-corrected chi connectivity index (χ2v) is 8.02. The van der Waals surface area contributed by atoms with E-state index < -0.39 is 0 Å². The first-order valence-electron chi connectivity index (χ1n) is 12.1. The third-order valence-electron chi connectivity index (χ3n) is 5.24. The van der Waals surface area contributed by atoms with Crippen LogP contribution in [-0.4, -0.2) is 71.4 Å². The van der Waals surface area contributed by atoms with Crippen molar-refractivity contribution in [2.45, 2.75) is 51.6 Å². The van der Waals surface area contributed by atoms with Gasteiger partial charge >= 0.3 is 0 Å². The Bertz CT molecular complexity index is 680. The largest absolute Gasteiger partial charge is 0.490 e. The molecule has 0 aromatic heterocycles. The molecular formula is C24H39N3O5. The number of benzene rings is 1. The van der Waals surface area contributed by atoms with Crippen molar-refractivity contribution >= 4 is 11.6 Å². The van der Waals surface area contributed by atoms with E-state index in [0.717, 1.165) is 74.9 Å². The predicted octanol–water partition coefficient (Wildman–Crippen LogP) is 3.61. The maximum absolute atomic E-state index is 5.80. The summed E-state index contributed by atoms with van der Waals surface area (Å²) in [5.74, 6) is 2.27. The van der Waals surface area contributed by atoms with Crippen LogP contribution < -0.4 is 20.1 Å². The highest BCUT2D eigenvalue weighted by Crippen LogP contribution is 2.32. The molecule has 180 valence electrons. The summed E-state index contributed by atoms with van der Waals surface area (Å²) in [6.45, 7) is 8.53. The van der Waals surface area contributed by atoms with E-state index in [1.807, 2.05) is 18.2 Å². The Hall–Kier alpha value is -2.03. The van der Waals surface area contributed by atoms with Crippen LogP contribution in [0, 0.1) is 0 Å². The third kappa shape index (κ3) is 9.22. The first kappa shape index (κ1) is 24.6. The highest BCUT2D eigenvalue weighted by molar-refractivity contribution is 5.93. The van der Waals surface area contributed by atoms with Gasteiger partial charge in [-0.3, -0.25) is 4.99 Å². The minimum atomic E-state index is 0.268. The van der Waals surface area contributed by atoms with E-state index in [-0.39, 0.29) is 6.10 Å². The van der Waals surface area contributed by atoms with Crippen molar-refractivity contribution in [1.82, 2.24) is 5.32 Å². The van der Waals surface area contributed by atoms with Crippen LogP contribution >= 0.6 is 0 Å². The summed E-state index contributed by atoms with van der Waals surface area (Å²) >= 11 is 0. The molecule has 2 heterocycles. The van der Waals surface area contributed by atoms with Crippen molar-refractivity contribution in [3.63, 3.8) is 0 Å². The van der Waals surface area contributed by atoms with Crippen LogP contribution in [-0.2, 0) is 14.2 Å². The molecule has 32 heavy (non-hydrogen) atoms. The molecule has 8 nitrogen and oxygen atoms in total. The van der Waals surface area contributed by atoms with Gasteiger partial charge in [-0.05, 0) is 37.8 Å². The summed E-state index contributed by atoms with van der Waals surface area (Å²) < 4.78 is 28.5. The predicted molar refractivity (Wildman–Crippen MR) is 126 cm³/mol. The molecular weight excluding hydrogens is 410 g/mol. The van der Waals surface area contributed by atoms with Crippen LogP contribution in [0.4, 0.5) is 5.69 Å². The molecule has 1 atom stereocenters. The lowest BCUT2D eigenvalue weighted by molar-refractivity contribution is 0.0171. The fourth-order valence-corrected chi connectivity index (χ4v) is 3.46. The molecule has 3 rings (SSSR count). The minimum Gasteiger partial charge on any atom is -0.490 e. The van der Waals surface area contributed by atoms with Gasteiger partial charge in [0.25, 0.3) is 0 Å². The number of ether oxygens (including phenoxy) is 5. The van der Waals surface area contributed by atoms with Gasteiger partial charge in [0.1, 0.15) is 0 Å². The van der Waals surface area contributed by atoms with Crippen molar-refractivity contribution in [2.75, 3.05) is 64.7 Å². The summed E-state index contributed by atoms with van der Waals surface area (Å²) in [4.78, 5) is 4.71. The number of guanidine groups is 1. The smallest absolute Gasteiger partial charge is 0.195 e. The van der Waals surface area contributed by atoms with Gasteiger partial charge in [-0.25, -0.2) is 0 Å². The average molecular weight is 450 g/mol. The zero-order valence-corrected chi connectivity index (χ0v) is 19.4. The maximum atomic E-state index is 5.80. The highest BCUT2D eigenvalue weighted by atomic mass is 16.5. The molecule has 8 heteroatoms. The van der Waals surface area contributed by atoms with Gasteiger partial charge in [-0.1, -0.05) is 13.3 Å². The fraction of sp³-hybridized carbons (Fsp3) is 0.708. The summed E-state index contributed by atoms with van der Waals surface area (Å²) in [5, 5.41) is 6.73. The lowest BCUT2D eigenvalue weighted by atomic mass is 10.2. The molecule has 1 saturated heterocycles. The van der Waals surface area contributed by atoms with Gasteiger partial charge < -0.3 is 34.3 Å². The van der Waals surface area contributed by atoms with E-state index in [9.17, 15) is 0 Å². The van der Waals surface area contributed by atoms with E-state index in [0.29, 0.717) is 46.1 Å². The van der Waals surface area contributed by atoms with Gasteiger partial charge in [0.2, 0.25) is 0 Å². The number of nitrogens with zero attached hydrogens (tertiary/aromatic N) is 1. The van der Waals surface area contributed by atoms with Crippen molar-refractivity contribution < 1.29 is 23.7 Å². The minimum absolute atomic E-state index is 0.268. The van der Waals surface area contributed by atoms with Crippen molar-refractivity contribution in [1.29, 1.82) is 0 Å². The molecule has 1 fully saturated rings. The van der Waals surface area contributed by atoms with Crippen LogP contribution in [0.25, 0.3) is 0 Å². The number of hydrogen-bond acceptors (Lipinski definition) is 6. The van der Waals surface area contributed by atoms with Gasteiger partial charge in [0, 0.05) is 51.1 Å². The number of nitrogens with one attached hydrogen (secondary N) is 2. The normalized spacial score (nSPS) is 18.4. The Balaban J connectivity index is 1.46. The first-order valence-corrected chi connectivity index (χ1v) is 12.1. The molecule has 2 N–H and O–H groups in total. The molecule has 0 spiro atoms. The monoisotopic (exact) mass is 449 g/mol. The first-order chi connectivity index (χ1) is 15.8. The molecule has 0 bridgehead atoms. The number of hydrogen-bond donors (Lipinski definition) is 2. The van der Waals surface area contributed by atoms with Crippen molar-refractivity contribution in [3.8, 4) is 11.5 Å². The van der Waals surface area contributed by atoms with E-state index in [1.165, 1.54) is 0 Å². The topological polar surface area (TPSA) is 82.6 Å². The van der Waals surface area contributed by atoms with Gasteiger partial charge in [-0.15, -0.1) is 0 Å². The lowest BCUT2D eigenvalue weighted by Crippen LogP contribution is -2.33. The molecule has 0 amide bonds. The summed E-state index contributed by atoms with van der Waals surface area (Å²) in [6.07, 6.45) is 6.48. The summed E-state index contributed by atoms with van der Waals surface area (Å²) in [7, 11) is 0. The number of rotatable bonds is 13. The fourth-order valence-electron chi connectivity index (χ4n) is 3.46. The van der Waals surface area contributed by atoms with Gasteiger partial charge in [0.05, 0.1) is 32.5 Å². The second-order valence-electron chi connectivity index (χ2n) is 8.02. The molecule has 0 saturated carbocycles. The van der Waals surface area contributed by atoms with E-state index in [2.05, 4.69) is 17.6 Å². The van der Waals surface area contributed by atoms with Gasteiger partial charge in [0.15, 0.2) is 17.5 Å². The molecule has 2 aliphatic rings. The number of unbranched alkanes of at least 4 members (excludes halogenated alkanes) is 1. The number of fused-ring (bicyclic) bond motifs is 1. The SMILES string of the molecule is CCCCOCCNC(=NCCCOCC1CCCO1)Nc1ccc2c(c1)OCCCO2. The van der Waals surface area contributed by atoms with Crippen LogP contribution in [0.2, 0.25) is 0 Å². The maximum Gasteiger partial charge on any atom is 0.195 e. The van der Waals surface area contributed by atoms with E-state index in [1.54, 1.807) is 0 Å². The lowest BCUT2D eigenvalue weighted by Gasteiger charge is -2.15. The Morgan fingerprint density at radius 3 is 2.75 bits per heavy atom. The third-order valence-corrected chi connectivity index (χ3v) is 5.24. The quantitative estimate of drug-likeness (QED) is 0.270. The summed E-state index contributed by atoms with van der Waals surface area (Å²) in [6, 6.07) is 5.88. The second kappa shape index (κ2) is 14.9. The Morgan fingerprint density at radius 1 is 1.03 bits per heavy atom. The zero-order chi connectivity index (χ0) is 22.3. The van der Waals surface area contributed by atoms with Crippen molar-refractivity contribution in [3.05, 3.63) is 18.2 Å². The van der Waals surface area contributed by atoms with E-state index in [4.69, 9.17) is 28.7 Å². The zero-order valence-electron chi connectivity index (χ0n) is 19.4. The van der Waals surface area contributed by atoms with Crippen LogP contribution in [0.15, 0.2) is 23.2 Å². The summed E-state index contributed by atoms with van der Waals surface area (Å²) in [5.41, 5.74) is 0.905. The van der Waals surface area contributed by atoms with Crippen molar-refractivity contribution in [2.24, 2.45) is 4.99 Å². The highest BCUT2D eigenvalue weighted by Gasteiger charge is 2.15. The Morgan fingerprint density at radius 2 is 1.91 bits per heavy atom. The average Bonchev–Trinajstić information content (AvgIpc) is 3.22. The number of anilines is 1. The molecule has 2 aliphatic heterocycles. The van der Waals surface area contributed by atoms with E-state index >= 15 is 0 Å².